The van der Waals surface area contributed by atoms with Crippen molar-refractivity contribution < 1.29 is 37.1 Å². The summed E-state index contributed by atoms with van der Waals surface area (Å²) in [6, 6.07) is 8.00. The maximum absolute atomic E-state index is 13.0. The van der Waals surface area contributed by atoms with Crippen molar-refractivity contribution in [3.05, 3.63) is 53.2 Å². The Morgan fingerprint density at radius 1 is 1.03 bits per heavy atom. The van der Waals surface area contributed by atoms with Crippen LogP contribution >= 0.6 is 0 Å². The van der Waals surface area contributed by atoms with Gasteiger partial charge in [-0.15, -0.1) is 13.2 Å². The van der Waals surface area contributed by atoms with Gasteiger partial charge in [-0.3, -0.25) is 24.5 Å². The van der Waals surface area contributed by atoms with E-state index in [1.54, 1.807) is 12.1 Å². The third-order valence-corrected chi connectivity index (χ3v) is 6.59. The van der Waals surface area contributed by atoms with Crippen molar-refractivity contribution in [3.8, 4) is 5.75 Å². The third-order valence-electron chi connectivity index (χ3n) is 6.59. The van der Waals surface area contributed by atoms with Gasteiger partial charge in [0.1, 0.15) is 23.3 Å². The summed E-state index contributed by atoms with van der Waals surface area (Å²) < 4.78 is 42.2. The van der Waals surface area contributed by atoms with Crippen LogP contribution in [0.4, 0.5) is 19.0 Å². The summed E-state index contributed by atoms with van der Waals surface area (Å²) in [4.78, 5) is 58.9. The molecule has 1 N–H and O–H groups in total. The van der Waals surface area contributed by atoms with Crippen molar-refractivity contribution in [2.45, 2.75) is 31.8 Å². The molecule has 13 heteroatoms. The molecular formula is C24H22F3N5O5. The number of piperazine rings is 1. The zero-order chi connectivity index (χ0) is 26.3. The number of rotatable bonds is 4. The number of carbonyl (C=O) groups excluding carboxylic acids is 4. The fourth-order valence-corrected chi connectivity index (χ4v) is 4.76. The van der Waals surface area contributed by atoms with E-state index in [0.29, 0.717) is 24.5 Å². The van der Waals surface area contributed by atoms with E-state index in [-0.39, 0.29) is 55.5 Å². The molecule has 10 nitrogen and oxygen atoms in total. The minimum absolute atomic E-state index is 0.158. The first-order chi connectivity index (χ1) is 17.6. The molecule has 1 unspecified atom stereocenters. The van der Waals surface area contributed by atoms with Crippen LogP contribution in [0.15, 0.2) is 36.4 Å². The van der Waals surface area contributed by atoms with Crippen molar-refractivity contribution >= 4 is 29.4 Å². The van der Waals surface area contributed by atoms with Crippen LogP contribution in [-0.2, 0) is 16.1 Å². The SMILES string of the molecule is O=C1CCC(N2Cc3ccc(N4CCN(C(=O)c5ccccc5OC(F)(F)F)CC4)nc3C2=O)C(=O)N1. The summed E-state index contributed by atoms with van der Waals surface area (Å²) in [5.74, 6) is -1.86. The molecule has 2 saturated heterocycles. The predicted octanol–water partition coefficient (Wildman–Crippen LogP) is 1.70. The number of para-hydroxylation sites is 1. The lowest BCUT2D eigenvalue weighted by Crippen LogP contribution is -2.52. The highest BCUT2D eigenvalue weighted by molar-refractivity contribution is 6.04. The second-order valence-electron chi connectivity index (χ2n) is 8.90. The van der Waals surface area contributed by atoms with Crippen molar-refractivity contribution in [3.63, 3.8) is 0 Å². The molecule has 1 aromatic carbocycles. The number of piperidine rings is 1. The maximum Gasteiger partial charge on any atom is 0.573 e. The molecule has 4 amide bonds. The van der Waals surface area contributed by atoms with E-state index in [1.165, 1.54) is 28.0 Å². The van der Waals surface area contributed by atoms with Gasteiger partial charge in [0.2, 0.25) is 11.8 Å². The second-order valence-corrected chi connectivity index (χ2v) is 8.90. The van der Waals surface area contributed by atoms with Crippen LogP contribution in [0.1, 0.15) is 39.3 Å². The number of alkyl halides is 3. The number of hydrogen-bond acceptors (Lipinski definition) is 7. The molecule has 37 heavy (non-hydrogen) atoms. The van der Waals surface area contributed by atoms with Gasteiger partial charge in [0.25, 0.3) is 11.8 Å². The maximum atomic E-state index is 13.0. The summed E-state index contributed by atoms with van der Waals surface area (Å²) in [5, 5.41) is 2.26. The smallest absolute Gasteiger partial charge is 0.405 e. The average Bonchev–Trinajstić information content (AvgIpc) is 3.18. The molecule has 1 atom stereocenters. The standard InChI is InChI=1S/C24H22F3N5O5/c25-24(26,27)37-17-4-2-1-3-15(17)22(35)31-11-9-30(10-12-31)18-7-5-14-13-32(23(36)20(14)28-18)16-6-8-19(33)29-21(16)34/h1-5,7,16H,6,8-13H2,(H,29,33,34). The summed E-state index contributed by atoms with van der Waals surface area (Å²) in [7, 11) is 0. The van der Waals surface area contributed by atoms with Gasteiger partial charge in [-0.2, -0.15) is 0 Å². The van der Waals surface area contributed by atoms with Crippen molar-refractivity contribution in [1.82, 2.24) is 20.1 Å². The molecule has 2 fully saturated rings. The third kappa shape index (κ3) is 4.93. The van der Waals surface area contributed by atoms with Crippen molar-refractivity contribution in [2.75, 3.05) is 31.1 Å². The van der Waals surface area contributed by atoms with E-state index in [0.717, 1.165) is 6.07 Å². The predicted molar refractivity (Wildman–Crippen MR) is 122 cm³/mol. The van der Waals surface area contributed by atoms with Gasteiger partial charge < -0.3 is 19.4 Å². The number of pyridine rings is 1. The van der Waals surface area contributed by atoms with Crippen molar-refractivity contribution in [2.24, 2.45) is 0 Å². The minimum Gasteiger partial charge on any atom is -0.405 e. The van der Waals surface area contributed by atoms with Crippen LogP contribution in [0.2, 0.25) is 0 Å². The van der Waals surface area contributed by atoms with E-state index >= 15 is 0 Å². The fraction of sp³-hybridized carbons (Fsp3) is 0.375. The van der Waals surface area contributed by atoms with Crippen LogP contribution in [0.25, 0.3) is 0 Å². The number of ether oxygens (including phenoxy) is 1. The first-order valence-electron chi connectivity index (χ1n) is 11.6. The van der Waals surface area contributed by atoms with Gasteiger partial charge in [-0.25, -0.2) is 4.98 Å². The van der Waals surface area contributed by atoms with Crippen LogP contribution < -0.4 is 15.0 Å². The van der Waals surface area contributed by atoms with Gasteiger partial charge in [-0.1, -0.05) is 18.2 Å². The second kappa shape index (κ2) is 9.37. The monoisotopic (exact) mass is 517 g/mol. The number of aromatic nitrogens is 1. The summed E-state index contributed by atoms with van der Waals surface area (Å²) in [5.41, 5.74) is 0.732. The molecule has 0 aliphatic carbocycles. The molecule has 0 radical (unpaired) electrons. The number of nitrogens with zero attached hydrogens (tertiary/aromatic N) is 4. The Morgan fingerprint density at radius 2 is 1.76 bits per heavy atom. The van der Waals surface area contributed by atoms with Gasteiger partial charge in [0.15, 0.2) is 0 Å². The Hall–Kier alpha value is -4.16. The normalized spacial score (nSPS) is 20.1. The van der Waals surface area contributed by atoms with Crippen LogP contribution in [0.5, 0.6) is 5.75 Å². The van der Waals surface area contributed by atoms with Crippen LogP contribution in [0, 0.1) is 0 Å². The molecule has 0 saturated carbocycles. The molecule has 1 aromatic heterocycles. The number of amides is 4. The summed E-state index contributed by atoms with van der Waals surface area (Å²) in [6.07, 6.45) is -4.51. The quantitative estimate of drug-likeness (QED) is 0.615. The van der Waals surface area contributed by atoms with Crippen LogP contribution in [0.3, 0.4) is 0 Å². The molecule has 0 spiro atoms. The molecule has 5 rings (SSSR count). The Balaban J connectivity index is 1.25. The van der Waals surface area contributed by atoms with Gasteiger partial charge >= 0.3 is 6.36 Å². The summed E-state index contributed by atoms with van der Waals surface area (Å²) >= 11 is 0. The average molecular weight is 517 g/mol. The van der Waals surface area contributed by atoms with Crippen molar-refractivity contribution in [1.29, 1.82) is 0 Å². The molecule has 194 valence electrons. The Labute approximate surface area is 209 Å². The molecule has 3 aliphatic rings. The number of halogens is 3. The molecule has 4 heterocycles. The topological polar surface area (TPSA) is 112 Å². The number of fused-ring (bicyclic) bond motifs is 1. The highest BCUT2D eigenvalue weighted by Gasteiger charge is 2.40. The Morgan fingerprint density at radius 3 is 2.46 bits per heavy atom. The largest absolute Gasteiger partial charge is 0.573 e. The van der Waals surface area contributed by atoms with E-state index in [2.05, 4.69) is 15.0 Å². The van der Waals surface area contributed by atoms with Crippen LogP contribution in [-0.4, -0.2) is 77.0 Å². The fourth-order valence-electron chi connectivity index (χ4n) is 4.76. The number of anilines is 1. The molecular weight excluding hydrogens is 495 g/mol. The number of imide groups is 1. The Bertz CT molecular complexity index is 1280. The minimum atomic E-state index is -4.92. The Kier molecular flexibility index (Phi) is 6.21. The highest BCUT2D eigenvalue weighted by atomic mass is 19.4. The number of hydrogen-bond donors (Lipinski definition) is 1. The van der Waals surface area contributed by atoms with Gasteiger partial charge in [-0.05, 0) is 24.6 Å². The number of nitrogens with one attached hydrogen (secondary N) is 1. The zero-order valence-corrected chi connectivity index (χ0v) is 19.5. The molecule has 0 bridgehead atoms. The van der Waals surface area contributed by atoms with Gasteiger partial charge in [0, 0.05) is 44.7 Å². The number of carbonyl (C=O) groups is 4. The first-order valence-corrected chi connectivity index (χ1v) is 11.6. The van der Waals surface area contributed by atoms with E-state index in [9.17, 15) is 32.3 Å². The van der Waals surface area contributed by atoms with E-state index in [4.69, 9.17) is 0 Å². The first kappa shape index (κ1) is 24.5. The summed E-state index contributed by atoms with van der Waals surface area (Å²) in [6.45, 7) is 1.38. The number of benzene rings is 1. The van der Waals surface area contributed by atoms with E-state index < -0.39 is 30.0 Å². The lowest BCUT2D eigenvalue weighted by atomic mass is 10.0. The van der Waals surface area contributed by atoms with Gasteiger partial charge in [0.05, 0.1) is 5.56 Å². The zero-order valence-electron chi connectivity index (χ0n) is 19.5. The lowest BCUT2D eigenvalue weighted by Gasteiger charge is -2.35. The lowest BCUT2D eigenvalue weighted by molar-refractivity contribution is -0.274. The van der Waals surface area contributed by atoms with E-state index in [1.807, 2.05) is 4.90 Å². The molecule has 2 aromatic rings. The molecule has 3 aliphatic heterocycles. The highest BCUT2D eigenvalue weighted by Crippen LogP contribution is 2.30.